The van der Waals surface area contributed by atoms with Crippen LogP contribution < -0.4 is 0 Å². The molecule has 1 rings (SSSR count). The number of ether oxygens (including phenoxy) is 1. The minimum absolute atomic E-state index is 0.310. The molecule has 1 N–H and O–H groups in total. The molecule has 4 heteroatoms. The van der Waals surface area contributed by atoms with Gasteiger partial charge in [0.25, 0.3) is 0 Å². The summed E-state index contributed by atoms with van der Waals surface area (Å²) in [5.74, 6) is -0.409. The lowest BCUT2D eigenvalue weighted by Gasteiger charge is -2.38. The van der Waals surface area contributed by atoms with E-state index in [1.807, 2.05) is 0 Å². The van der Waals surface area contributed by atoms with Gasteiger partial charge in [-0.2, -0.15) is 0 Å². The van der Waals surface area contributed by atoms with Gasteiger partial charge in [-0.3, -0.25) is 4.79 Å². The van der Waals surface area contributed by atoms with Crippen LogP contribution in [0.5, 0.6) is 0 Å². The fourth-order valence-electron chi connectivity index (χ4n) is 1.45. The van der Waals surface area contributed by atoms with Gasteiger partial charge >= 0.3 is 5.97 Å². The normalized spacial score (nSPS) is 15.6. The smallest absolute Gasteiger partial charge is 0.316 e. The molecule has 1 aromatic heterocycles. The molecule has 1 atom stereocenters. The first-order valence-corrected chi connectivity index (χ1v) is 5.37. The van der Waals surface area contributed by atoms with Gasteiger partial charge in [-0.05, 0) is 39.8 Å². The Morgan fingerprint density at radius 1 is 1.31 bits per heavy atom. The van der Waals surface area contributed by atoms with Crippen molar-refractivity contribution in [1.29, 1.82) is 0 Å². The number of carbonyl (C=O) groups is 1. The summed E-state index contributed by atoms with van der Waals surface area (Å²) in [7, 11) is 0. The fourth-order valence-corrected chi connectivity index (χ4v) is 1.45. The number of carbonyl (C=O) groups excluding carboxylic acids is 1. The Morgan fingerprint density at radius 3 is 2.25 bits per heavy atom. The van der Waals surface area contributed by atoms with Crippen LogP contribution in [0.4, 0.5) is 0 Å². The zero-order chi connectivity index (χ0) is 12.4. The van der Waals surface area contributed by atoms with Gasteiger partial charge in [-0.25, -0.2) is 0 Å². The van der Waals surface area contributed by atoms with E-state index in [2.05, 4.69) is 0 Å². The Labute approximate surface area is 95.8 Å². The second-order valence-corrected chi connectivity index (χ2v) is 4.46. The van der Waals surface area contributed by atoms with E-state index in [0.717, 1.165) is 0 Å². The van der Waals surface area contributed by atoms with Crippen molar-refractivity contribution in [3.8, 4) is 0 Å². The predicted molar refractivity (Wildman–Crippen MR) is 60.7 cm³/mol. The highest BCUT2D eigenvalue weighted by Gasteiger charge is 2.47. The number of aromatic nitrogens is 1. The maximum Gasteiger partial charge on any atom is 0.316 e. The quantitative estimate of drug-likeness (QED) is 0.794. The number of hydrogen-bond acceptors (Lipinski definition) is 3. The summed E-state index contributed by atoms with van der Waals surface area (Å²) >= 11 is 0. The fraction of sp³-hybridized carbons (Fsp3) is 0.583. The molecular weight excluding hydrogens is 206 g/mol. The molecule has 1 heterocycles. The number of aliphatic hydroxyl groups is 1. The van der Waals surface area contributed by atoms with Crippen molar-refractivity contribution in [2.75, 3.05) is 6.61 Å². The molecule has 0 amide bonds. The molecule has 90 valence electrons. The Balaban J connectivity index is 3.02. The second-order valence-electron chi connectivity index (χ2n) is 4.46. The standard InChI is InChI=1S/C12H19NO3/c1-5-16-10(14)11(2,3)12(4,15)13-8-6-7-9-13/h6-9,15H,5H2,1-4H3. The summed E-state index contributed by atoms with van der Waals surface area (Å²) in [5, 5.41) is 10.5. The molecule has 1 aromatic rings. The Kier molecular flexibility index (Phi) is 3.43. The molecule has 0 saturated heterocycles. The molecular formula is C12H19NO3. The molecule has 16 heavy (non-hydrogen) atoms. The number of hydrogen-bond donors (Lipinski definition) is 1. The molecule has 4 nitrogen and oxygen atoms in total. The van der Waals surface area contributed by atoms with Crippen molar-refractivity contribution < 1.29 is 14.6 Å². The second kappa shape index (κ2) is 4.29. The first-order chi connectivity index (χ1) is 7.34. The van der Waals surface area contributed by atoms with Crippen LogP contribution >= 0.6 is 0 Å². The van der Waals surface area contributed by atoms with Crippen LogP contribution in [0, 0.1) is 5.41 Å². The van der Waals surface area contributed by atoms with Crippen molar-refractivity contribution in [1.82, 2.24) is 4.57 Å². The van der Waals surface area contributed by atoms with E-state index in [4.69, 9.17) is 4.74 Å². The molecule has 0 spiro atoms. The number of nitrogens with zero attached hydrogens (tertiary/aromatic N) is 1. The average molecular weight is 225 g/mol. The molecule has 0 saturated carbocycles. The van der Waals surface area contributed by atoms with Crippen molar-refractivity contribution >= 4 is 5.97 Å². The lowest BCUT2D eigenvalue weighted by atomic mass is 9.81. The van der Waals surface area contributed by atoms with Crippen molar-refractivity contribution in [3.63, 3.8) is 0 Å². The molecule has 0 aliphatic heterocycles. The molecule has 0 aliphatic rings. The number of rotatable bonds is 4. The highest BCUT2D eigenvalue weighted by molar-refractivity contribution is 5.77. The van der Waals surface area contributed by atoms with Crippen molar-refractivity contribution in [2.24, 2.45) is 5.41 Å². The Bertz CT molecular complexity index is 352. The lowest BCUT2D eigenvalue weighted by Crippen LogP contribution is -2.49. The van der Waals surface area contributed by atoms with E-state index < -0.39 is 17.1 Å². The van der Waals surface area contributed by atoms with Gasteiger partial charge in [0.05, 0.1) is 6.61 Å². The maximum absolute atomic E-state index is 11.8. The topological polar surface area (TPSA) is 51.5 Å². The summed E-state index contributed by atoms with van der Waals surface area (Å²) in [6.45, 7) is 7.00. The van der Waals surface area contributed by atoms with Crippen LogP contribution in [0.25, 0.3) is 0 Å². The van der Waals surface area contributed by atoms with Gasteiger partial charge in [0.1, 0.15) is 5.41 Å². The molecule has 0 bridgehead atoms. The van der Waals surface area contributed by atoms with E-state index >= 15 is 0 Å². The third-order valence-corrected chi connectivity index (χ3v) is 3.08. The van der Waals surface area contributed by atoms with Crippen LogP contribution in [-0.4, -0.2) is 22.2 Å². The Morgan fingerprint density at radius 2 is 1.81 bits per heavy atom. The van der Waals surface area contributed by atoms with Gasteiger partial charge in [0.15, 0.2) is 5.72 Å². The van der Waals surface area contributed by atoms with Crippen LogP contribution in [0.3, 0.4) is 0 Å². The van der Waals surface area contributed by atoms with Gasteiger partial charge in [-0.15, -0.1) is 0 Å². The minimum Gasteiger partial charge on any atom is -0.465 e. The van der Waals surface area contributed by atoms with Crippen LogP contribution in [0.2, 0.25) is 0 Å². The summed E-state index contributed by atoms with van der Waals surface area (Å²) < 4.78 is 6.58. The van der Waals surface area contributed by atoms with Crippen LogP contribution in [-0.2, 0) is 15.3 Å². The van der Waals surface area contributed by atoms with E-state index in [0.29, 0.717) is 6.61 Å². The largest absolute Gasteiger partial charge is 0.465 e. The van der Waals surface area contributed by atoms with Gasteiger partial charge in [-0.1, -0.05) is 0 Å². The highest BCUT2D eigenvalue weighted by Crippen LogP contribution is 2.36. The summed E-state index contributed by atoms with van der Waals surface area (Å²) in [5.41, 5.74) is -2.33. The van der Waals surface area contributed by atoms with Gasteiger partial charge < -0.3 is 14.4 Å². The van der Waals surface area contributed by atoms with Gasteiger partial charge in [0.2, 0.25) is 0 Å². The monoisotopic (exact) mass is 225 g/mol. The summed E-state index contributed by atoms with van der Waals surface area (Å²) in [4.78, 5) is 11.8. The third kappa shape index (κ3) is 1.97. The van der Waals surface area contributed by atoms with E-state index in [1.54, 1.807) is 56.8 Å². The minimum atomic E-state index is -1.32. The summed E-state index contributed by atoms with van der Waals surface area (Å²) in [6.07, 6.45) is 3.45. The zero-order valence-corrected chi connectivity index (χ0v) is 10.2. The Hall–Kier alpha value is -1.29. The van der Waals surface area contributed by atoms with E-state index in [1.165, 1.54) is 0 Å². The first-order valence-electron chi connectivity index (χ1n) is 5.37. The third-order valence-electron chi connectivity index (χ3n) is 3.08. The van der Waals surface area contributed by atoms with Crippen molar-refractivity contribution in [2.45, 2.75) is 33.4 Å². The van der Waals surface area contributed by atoms with Gasteiger partial charge in [0, 0.05) is 12.4 Å². The molecule has 0 aliphatic carbocycles. The first kappa shape index (κ1) is 12.8. The SMILES string of the molecule is CCOC(=O)C(C)(C)C(C)(O)n1cccc1. The summed E-state index contributed by atoms with van der Waals surface area (Å²) in [6, 6.07) is 3.60. The molecule has 1 unspecified atom stereocenters. The highest BCUT2D eigenvalue weighted by atomic mass is 16.5. The maximum atomic E-state index is 11.8. The zero-order valence-electron chi connectivity index (χ0n) is 10.2. The van der Waals surface area contributed by atoms with E-state index in [9.17, 15) is 9.90 Å². The average Bonchev–Trinajstić information content (AvgIpc) is 2.70. The van der Waals surface area contributed by atoms with Crippen LogP contribution in [0.15, 0.2) is 24.5 Å². The molecule has 0 radical (unpaired) electrons. The molecule has 0 aromatic carbocycles. The number of esters is 1. The predicted octanol–water partition coefficient (Wildman–Crippen LogP) is 1.74. The van der Waals surface area contributed by atoms with Crippen LogP contribution in [0.1, 0.15) is 27.7 Å². The van der Waals surface area contributed by atoms with Crippen molar-refractivity contribution in [3.05, 3.63) is 24.5 Å². The molecule has 0 fully saturated rings. The lowest BCUT2D eigenvalue weighted by molar-refractivity contribution is -0.182. The van der Waals surface area contributed by atoms with E-state index in [-0.39, 0.29) is 0 Å².